The second kappa shape index (κ2) is 5.64. The first-order chi connectivity index (χ1) is 8.77. The molecule has 0 amide bonds. The van der Waals surface area contributed by atoms with E-state index in [4.69, 9.17) is 4.74 Å². The van der Waals surface area contributed by atoms with Gasteiger partial charge in [-0.2, -0.15) is 5.10 Å². The van der Waals surface area contributed by atoms with E-state index in [0.717, 1.165) is 23.7 Å². The molecule has 0 radical (unpaired) electrons. The van der Waals surface area contributed by atoms with Crippen LogP contribution in [0.5, 0.6) is 5.75 Å². The summed E-state index contributed by atoms with van der Waals surface area (Å²) in [7, 11) is 3.57. The lowest BCUT2D eigenvalue weighted by Crippen LogP contribution is -2.25. The lowest BCUT2D eigenvalue weighted by atomic mass is 10.0. The Kier molecular flexibility index (Phi) is 3.94. The number of hydrogen-bond donors (Lipinski definition) is 1. The second-order valence-corrected chi connectivity index (χ2v) is 3.97. The van der Waals surface area contributed by atoms with Gasteiger partial charge in [0, 0.05) is 12.6 Å². The molecule has 18 heavy (non-hydrogen) atoms. The van der Waals surface area contributed by atoms with Crippen molar-refractivity contribution in [1.82, 2.24) is 20.1 Å². The lowest BCUT2D eigenvalue weighted by Gasteiger charge is -2.19. The Labute approximate surface area is 107 Å². The maximum atomic E-state index is 5.41. The number of nitrogens with one attached hydrogen (secondary N) is 1. The summed E-state index contributed by atoms with van der Waals surface area (Å²) in [6.45, 7) is 2.91. The van der Waals surface area contributed by atoms with Gasteiger partial charge in [0.1, 0.15) is 17.9 Å². The van der Waals surface area contributed by atoms with Gasteiger partial charge in [-0.25, -0.2) is 4.98 Å². The zero-order valence-corrected chi connectivity index (χ0v) is 10.9. The van der Waals surface area contributed by atoms with Gasteiger partial charge in [-0.1, -0.05) is 25.1 Å². The van der Waals surface area contributed by atoms with Crippen LogP contribution < -0.4 is 10.1 Å². The van der Waals surface area contributed by atoms with E-state index in [1.165, 1.54) is 0 Å². The molecule has 0 aliphatic carbocycles. The fourth-order valence-corrected chi connectivity index (χ4v) is 2.02. The van der Waals surface area contributed by atoms with Gasteiger partial charge in [-0.05, 0) is 12.6 Å². The minimum absolute atomic E-state index is 0.0151. The second-order valence-electron chi connectivity index (χ2n) is 3.97. The van der Waals surface area contributed by atoms with Crippen LogP contribution >= 0.6 is 0 Å². The first-order valence-corrected chi connectivity index (χ1v) is 5.98. The Morgan fingerprint density at radius 1 is 1.39 bits per heavy atom. The van der Waals surface area contributed by atoms with E-state index in [1.54, 1.807) is 18.1 Å². The summed E-state index contributed by atoms with van der Waals surface area (Å²) < 4.78 is 7.19. The molecule has 1 unspecified atom stereocenters. The molecule has 0 saturated heterocycles. The summed E-state index contributed by atoms with van der Waals surface area (Å²) in [6, 6.07) is 7.94. The lowest BCUT2D eigenvalue weighted by molar-refractivity contribution is 0.402. The molecule has 1 N–H and O–H groups in total. The zero-order chi connectivity index (χ0) is 13.0. The maximum Gasteiger partial charge on any atom is 0.148 e. The van der Waals surface area contributed by atoms with E-state index in [2.05, 4.69) is 22.3 Å². The van der Waals surface area contributed by atoms with Crippen molar-refractivity contribution in [2.45, 2.75) is 13.0 Å². The molecule has 5 nitrogen and oxygen atoms in total. The third-order valence-electron chi connectivity index (χ3n) is 2.86. The summed E-state index contributed by atoms with van der Waals surface area (Å²) in [5.41, 5.74) is 1.07. The first kappa shape index (κ1) is 12.6. The smallest absolute Gasteiger partial charge is 0.148 e. The third-order valence-corrected chi connectivity index (χ3v) is 2.86. The van der Waals surface area contributed by atoms with Crippen LogP contribution in [-0.2, 0) is 7.05 Å². The van der Waals surface area contributed by atoms with Gasteiger partial charge >= 0.3 is 0 Å². The molecule has 2 aromatic rings. The highest BCUT2D eigenvalue weighted by Gasteiger charge is 2.20. The first-order valence-electron chi connectivity index (χ1n) is 5.98. The third kappa shape index (κ3) is 2.36. The summed E-state index contributed by atoms with van der Waals surface area (Å²) in [4.78, 5) is 4.32. The van der Waals surface area contributed by atoms with Crippen LogP contribution in [-0.4, -0.2) is 28.4 Å². The van der Waals surface area contributed by atoms with Crippen LogP contribution in [0.4, 0.5) is 0 Å². The zero-order valence-electron chi connectivity index (χ0n) is 10.9. The molecule has 96 valence electrons. The number of nitrogens with zero attached hydrogens (tertiary/aromatic N) is 3. The number of methoxy groups -OCH3 is 1. The van der Waals surface area contributed by atoms with Gasteiger partial charge in [-0.15, -0.1) is 0 Å². The van der Waals surface area contributed by atoms with Crippen LogP contribution in [0, 0.1) is 0 Å². The fraction of sp³-hybridized carbons (Fsp3) is 0.385. The van der Waals surface area contributed by atoms with Gasteiger partial charge in [0.2, 0.25) is 0 Å². The van der Waals surface area contributed by atoms with E-state index in [-0.39, 0.29) is 6.04 Å². The van der Waals surface area contributed by atoms with E-state index in [1.807, 2.05) is 31.3 Å². The molecule has 0 aliphatic rings. The molecule has 1 heterocycles. The monoisotopic (exact) mass is 246 g/mol. The predicted molar refractivity (Wildman–Crippen MR) is 69.5 cm³/mol. The topological polar surface area (TPSA) is 52.0 Å². The minimum Gasteiger partial charge on any atom is -0.496 e. The Morgan fingerprint density at radius 3 is 2.78 bits per heavy atom. The number of rotatable bonds is 5. The average Bonchev–Trinajstić information content (AvgIpc) is 2.82. The molecular formula is C13H18N4O. The quantitative estimate of drug-likeness (QED) is 0.869. The van der Waals surface area contributed by atoms with Crippen molar-refractivity contribution in [3.05, 3.63) is 42.0 Å². The number of hydrogen-bond acceptors (Lipinski definition) is 4. The van der Waals surface area contributed by atoms with Gasteiger partial charge in [0.25, 0.3) is 0 Å². The number of ether oxygens (including phenoxy) is 1. The molecule has 0 spiro atoms. The molecular weight excluding hydrogens is 228 g/mol. The fourth-order valence-electron chi connectivity index (χ4n) is 2.02. The SMILES string of the molecule is CCNC(c1ccccc1OC)c1ncnn1C. The summed E-state index contributed by atoms with van der Waals surface area (Å²) in [5, 5.41) is 7.54. The largest absolute Gasteiger partial charge is 0.496 e. The Hall–Kier alpha value is -1.88. The minimum atomic E-state index is -0.0151. The molecule has 5 heteroatoms. The molecule has 2 rings (SSSR count). The highest BCUT2D eigenvalue weighted by Crippen LogP contribution is 2.28. The molecule has 0 fully saturated rings. The number of aryl methyl sites for hydroxylation is 1. The summed E-state index contributed by atoms with van der Waals surface area (Å²) >= 11 is 0. The van der Waals surface area contributed by atoms with Crippen molar-refractivity contribution in [3.8, 4) is 5.75 Å². The normalized spacial score (nSPS) is 12.4. The van der Waals surface area contributed by atoms with Gasteiger partial charge in [0.15, 0.2) is 0 Å². The average molecular weight is 246 g/mol. The molecule has 0 aliphatic heterocycles. The van der Waals surface area contributed by atoms with Crippen LogP contribution in [0.3, 0.4) is 0 Å². The standard InChI is InChI=1S/C13H18N4O/c1-4-14-12(13-15-9-16-17(13)2)10-7-5-6-8-11(10)18-3/h5-9,12,14H,4H2,1-3H3. The summed E-state index contributed by atoms with van der Waals surface area (Å²) in [6.07, 6.45) is 1.56. The van der Waals surface area contributed by atoms with Gasteiger partial charge in [-0.3, -0.25) is 4.68 Å². The summed E-state index contributed by atoms with van der Waals surface area (Å²) in [5.74, 6) is 1.73. The molecule has 0 saturated carbocycles. The van der Waals surface area contributed by atoms with E-state index in [9.17, 15) is 0 Å². The van der Waals surface area contributed by atoms with Crippen molar-refractivity contribution in [2.24, 2.45) is 7.05 Å². The van der Waals surface area contributed by atoms with Crippen molar-refractivity contribution in [1.29, 1.82) is 0 Å². The van der Waals surface area contributed by atoms with E-state index < -0.39 is 0 Å². The predicted octanol–water partition coefficient (Wildman–Crippen LogP) is 1.52. The molecule has 0 bridgehead atoms. The van der Waals surface area contributed by atoms with Crippen LogP contribution in [0.2, 0.25) is 0 Å². The van der Waals surface area contributed by atoms with E-state index in [0.29, 0.717) is 0 Å². The Bertz CT molecular complexity index is 509. The van der Waals surface area contributed by atoms with Crippen molar-refractivity contribution in [3.63, 3.8) is 0 Å². The highest BCUT2D eigenvalue weighted by molar-refractivity contribution is 5.38. The molecule has 1 atom stereocenters. The Morgan fingerprint density at radius 2 is 2.17 bits per heavy atom. The number of benzene rings is 1. The molecule has 1 aromatic carbocycles. The van der Waals surface area contributed by atoms with Crippen LogP contribution in [0.15, 0.2) is 30.6 Å². The number of para-hydroxylation sites is 1. The molecule has 1 aromatic heterocycles. The van der Waals surface area contributed by atoms with Crippen LogP contribution in [0.25, 0.3) is 0 Å². The number of aromatic nitrogens is 3. The van der Waals surface area contributed by atoms with Crippen molar-refractivity contribution < 1.29 is 4.74 Å². The van der Waals surface area contributed by atoms with Crippen LogP contribution in [0.1, 0.15) is 24.4 Å². The van der Waals surface area contributed by atoms with Crippen molar-refractivity contribution >= 4 is 0 Å². The highest BCUT2D eigenvalue weighted by atomic mass is 16.5. The van der Waals surface area contributed by atoms with E-state index >= 15 is 0 Å². The van der Waals surface area contributed by atoms with Crippen molar-refractivity contribution in [2.75, 3.05) is 13.7 Å². The van der Waals surface area contributed by atoms with Gasteiger partial charge < -0.3 is 10.1 Å². The van der Waals surface area contributed by atoms with Gasteiger partial charge in [0.05, 0.1) is 13.2 Å². The Balaban J connectivity index is 2.45. The maximum absolute atomic E-state index is 5.41.